The fourth-order valence-corrected chi connectivity index (χ4v) is 4.44. The molecular formula is C22H26BrN5OS. The maximum atomic E-state index is 12.4. The first kappa shape index (κ1) is 22.4. The molecule has 0 saturated heterocycles. The third-order valence-corrected chi connectivity index (χ3v) is 6.50. The molecule has 1 N–H and O–H groups in total. The van der Waals surface area contributed by atoms with Gasteiger partial charge in [-0.1, -0.05) is 17.8 Å². The monoisotopic (exact) mass is 487 g/mol. The smallest absolute Gasteiger partial charge is 0.234 e. The SMILES string of the molecule is CCN(CC)c1ccc(-c2nnc(SCC(=O)Nc3ccc(C)cc3Br)n2C)cc1. The van der Waals surface area contributed by atoms with Gasteiger partial charge in [-0.05, 0) is 78.7 Å². The fraction of sp³-hybridized carbons (Fsp3) is 0.318. The third-order valence-electron chi connectivity index (χ3n) is 4.82. The van der Waals surface area contributed by atoms with Gasteiger partial charge >= 0.3 is 0 Å². The van der Waals surface area contributed by atoms with Crippen LogP contribution in [0.15, 0.2) is 52.1 Å². The number of nitrogens with zero attached hydrogens (tertiary/aromatic N) is 4. The molecule has 1 amide bonds. The summed E-state index contributed by atoms with van der Waals surface area (Å²) in [6.07, 6.45) is 0. The van der Waals surface area contributed by atoms with E-state index in [0.717, 1.165) is 40.2 Å². The Labute approximate surface area is 190 Å². The molecule has 0 aliphatic heterocycles. The first-order chi connectivity index (χ1) is 14.4. The quantitative estimate of drug-likeness (QED) is 0.446. The van der Waals surface area contributed by atoms with E-state index in [4.69, 9.17) is 0 Å². The Morgan fingerprint density at radius 2 is 1.83 bits per heavy atom. The molecule has 158 valence electrons. The summed E-state index contributed by atoms with van der Waals surface area (Å²) in [5, 5.41) is 12.2. The molecule has 3 aromatic rings. The van der Waals surface area contributed by atoms with E-state index < -0.39 is 0 Å². The van der Waals surface area contributed by atoms with Crippen molar-refractivity contribution in [1.29, 1.82) is 0 Å². The van der Waals surface area contributed by atoms with E-state index in [1.54, 1.807) is 0 Å². The van der Waals surface area contributed by atoms with Crippen molar-refractivity contribution in [1.82, 2.24) is 14.8 Å². The highest BCUT2D eigenvalue weighted by atomic mass is 79.9. The summed E-state index contributed by atoms with van der Waals surface area (Å²) in [5.41, 5.74) is 4.09. The molecule has 0 radical (unpaired) electrons. The number of carbonyl (C=O) groups excluding carboxylic acids is 1. The summed E-state index contributed by atoms with van der Waals surface area (Å²) in [6.45, 7) is 8.26. The van der Waals surface area contributed by atoms with Crippen LogP contribution in [-0.4, -0.2) is 39.5 Å². The predicted molar refractivity (Wildman–Crippen MR) is 128 cm³/mol. The largest absolute Gasteiger partial charge is 0.372 e. The standard InChI is InChI=1S/C22H26BrN5OS/c1-5-28(6-2)17-10-8-16(9-11-17)21-25-26-22(27(21)4)30-14-20(29)24-19-12-7-15(3)13-18(19)23/h7-13H,5-6,14H2,1-4H3,(H,24,29). The number of carbonyl (C=O) groups is 1. The molecular weight excluding hydrogens is 462 g/mol. The molecule has 2 aromatic carbocycles. The number of amides is 1. The van der Waals surface area contributed by atoms with E-state index in [9.17, 15) is 4.79 Å². The van der Waals surface area contributed by atoms with Gasteiger partial charge in [0.15, 0.2) is 11.0 Å². The van der Waals surface area contributed by atoms with Crippen molar-refractivity contribution >= 4 is 45.0 Å². The van der Waals surface area contributed by atoms with Gasteiger partial charge in [-0.3, -0.25) is 4.79 Å². The number of anilines is 2. The van der Waals surface area contributed by atoms with Crippen molar-refractivity contribution < 1.29 is 4.79 Å². The van der Waals surface area contributed by atoms with Gasteiger partial charge in [0.2, 0.25) is 5.91 Å². The van der Waals surface area contributed by atoms with Gasteiger partial charge in [-0.15, -0.1) is 10.2 Å². The van der Waals surface area contributed by atoms with E-state index in [1.807, 2.05) is 36.7 Å². The van der Waals surface area contributed by atoms with Crippen LogP contribution >= 0.6 is 27.7 Å². The van der Waals surface area contributed by atoms with E-state index in [1.165, 1.54) is 17.4 Å². The highest BCUT2D eigenvalue weighted by Gasteiger charge is 2.14. The number of thioether (sulfide) groups is 1. The van der Waals surface area contributed by atoms with E-state index in [2.05, 4.69) is 74.5 Å². The van der Waals surface area contributed by atoms with Gasteiger partial charge in [0.1, 0.15) is 0 Å². The second-order valence-corrected chi connectivity index (χ2v) is 8.70. The fourth-order valence-electron chi connectivity index (χ4n) is 3.14. The maximum Gasteiger partial charge on any atom is 0.234 e. The minimum Gasteiger partial charge on any atom is -0.372 e. The van der Waals surface area contributed by atoms with E-state index >= 15 is 0 Å². The molecule has 0 spiro atoms. The molecule has 0 aliphatic rings. The summed E-state index contributed by atoms with van der Waals surface area (Å²) >= 11 is 4.85. The molecule has 0 unspecified atom stereocenters. The molecule has 1 aromatic heterocycles. The molecule has 0 bridgehead atoms. The van der Waals surface area contributed by atoms with Gasteiger partial charge in [0.25, 0.3) is 0 Å². The van der Waals surface area contributed by atoms with Crippen LogP contribution in [0.4, 0.5) is 11.4 Å². The Bertz CT molecular complexity index is 1010. The Hall–Kier alpha value is -2.32. The molecule has 0 aliphatic carbocycles. The average molecular weight is 488 g/mol. The normalized spacial score (nSPS) is 10.8. The third kappa shape index (κ3) is 5.23. The lowest BCUT2D eigenvalue weighted by molar-refractivity contribution is -0.113. The number of hydrogen-bond donors (Lipinski definition) is 1. The first-order valence-corrected chi connectivity index (χ1v) is 11.6. The zero-order valence-electron chi connectivity index (χ0n) is 17.6. The van der Waals surface area contributed by atoms with Crippen LogP contribution < -0.4 is 10.2 Å². The van der Waals surface area contributed by atoms with Crippen molar-refractivity contribution in [3.8, 4) is 11.4 Å². The minimum absolute atomic E-state index is 0.0855. The minimum atomic E-state index is -0.0855. The summed E-state index contributed by atoms with van der Waals surface area (Å²) in [7, 11) is 1.92. The van der Waals surface area contributed by atoms with Crippen molar-refractivity contribution in [3.05, 3.63) is 52.5 Å². The number of hydrogen-bond acceptors (Lipinski definition) is 5. The molecule has 0 saturated carbocycles. The summed E-state index contributed by atoms with van der Waals surface area (Å²) in [5.74, 6) is 0.954. The average Bonchev–Trinajstić information content (AvgIpc) is 3.10. The van der Waals surface area contributed by atoms with Gasteiger partial charge in [-0.2, -0.15) is 0 Å². The molecule has 30 heavy (non-hydrogen) atoms. The zero-order chi connectivity index (χ0) is 21.7. The second kappa shape index (κ2) is 10.1. The van der Waals surface area contributed by atoms with Crippen LogP contribution in [0.1, 0.15) is 19.4 Å². The van der Waals surface area contributed by atoms with Crippen molar-refractivity contribution in [2.24, 2.45) is 7.05 Å². The Morgan fingerprint density at radius 3 is 2.47 bits per heavy atom. The lowest BCUT2D eigenvalue weighted by Crippen LogP contribution is -2.21. The maximum absolute atomic E-state index is 12.4. The van der Waals surface area contributed by atoms with Crippen LogP contribution in [-0.2, 0) is 11.8 Å². The van der Waals surface area contributed by atoms with Crippen LogP contribution in [0.3, 0.4) is 0 Å². The van der Waals surface area contributed by atoms with Crippen LogP contribution in [0.5, 0.6) is 0 Å². The van der Waals surface area contributed by atoms with Gasteiger partial charge < -0.3 is 14.8 Å². The van der Waals surface area contributed by atoms with E-state index in [0.29, 0.717) is 5.16 Å². The van der Waals surface area contributed by atoms with Crippen LogP contribution in [0.25, 0.3) is 11.4 Å². The molecule has 8 heteroatoms. The summed E-state index contributed by atoms with van der Waals surface area (Å²) in [6, 6.07) is 14.2. The molecule has 3 rings (SSSR count). The van der Waals surface area contributed by atoms with Crippen molar-refractivity contribution in [3.63, 3.8) is 0 Å². The molecule has 1 heterocycles. The highest BCUT2D eigenvalue weighted by Crippen LogP contribution is 2.26. The number of aryl methyl sites for hydroxylation is 1. The topological polar surface area (TPSA) is 63.1 Å². The Kier molecular flexibility index (Phi) is 7.55. The lowest BCUT2D eigenvalue weighted by Gasteiger charge is -2.21. The van der Waals surface area contributed by atoms with Gasteiger partial charge in [-0.25, -0.2) is 0 Å². The molecule has 6 nitrogen and oxygen atoms in total. The lowest BCUT2D eigenvalue weighted by atomic mass is 10.2. The summed E-state index contributed by atoms with van der Waals surface area (Å²) in [4.78, 5) is 14.7. The number of nitrogens with one attached hydrogen (secondary N) is 1. The number of aromatic nitrogens is 3. The van der Waals surface area contributed by atoms with Crippen LogP contribution in [0.2, 0.25) is 0 Å². The number of halogens is 1. The summed E-state index contributed by atoms with van der Waals surface area (Å²) < 4.78 is 2.79. The first-order valence-electron chi connectivity index (χ1n) is 9.86. The zero-order valence-corrected chi connectivity index (χ0v) is 20.0. The van der Waals surface area contributed by atoms with Crippen molar-refractivity contribution in [2.75, 3.05) is 29.1 Å². The van der Waals surface area contributed by atoms with Gasteiger partial charge in [0, 0.05) is 35.9 Å². The van der Waals surface area contributed by atoms with Gasteiger partial charge in [0.05, 0.1) is 11.4 Å². The highest BCUT2D eigenvalue weighted by molar-refractivity contribution is 9.10. The number of benzene rings is 2. The predicted octanol–water partition coefficient (Wildman–Crippen LogP) is 5.13. The Balaban J connectivity index is 1.64. The van der Waals surface area contributed by atoms with Crippen LogP contribution in [0, 0.1) is 6.92 Å². The van der Waals surface area contributed by atoms with E-state index in [-0.39, 0.29) is 11.7 Å². The number of rotatable bonds is 8. The van der Waals surface area contributed by atoms with Crippen molar-refractivity contribution in [2.45, 2.75) is 25.9 Å². The Morgan fingerprint density at radius 1 is 1.13 bits per heavy atom. The molecule has 0 atom stereocenters. The molecule has 0 fully saturated rings. The second-order valence-electron chi connectivity index (χ2n) is 6.90.